The van der Waals surface area contributed by atoms with Crippen molar-refractivity contribution in [2.45, 2.75) is 20.3 Å². The third kappa shape index (κ3) is 3.52. The Labute approximate surface area is 104 Å². The second-order valence-corrected chi connectivity index (χ2v) is 5.07. The lowest BCUT2D eigenvalue weighted by Crippen LogP contribution is -2.25. The Hall–Kier alpha value is -1.03. The first-order chi connectivity index (χ1) is 7.43. The third-order valence-electron chi connectivity index (χ3n) is 2.40. The standard InChI is InChI=1S/C12H15BrO3/c1-12(2,11(14)15)7-8-16-10-6-4-3-5-9(10)13/h3-6H,7-8H2,1-2H3,(H,14,15). The minimum atomic E-state index is -0.803. The summed E-state index contributed by atoms with van der Waals surface area (Å²) >= 11 is 3.36. The van der Waals surface area contributed by atoms with Crippen molar-refractivity contribution in [3.05, 3.63) is 28.7 Å². The van der Waals surface area contributed by atoms with Crippen molar-refractivity contribution in [2.24, 2.45) is 5.41 Å². The molecule has 16 heavy (non-hydrogen) atoms. The highest BCUT2D eigenvalue weighted by Crippen LogP contribution is 2.26. The van der Waals surface area contributed by atoms with E-state index in [1.54, 1.807) is 13.8 Å². The van der Waals surface area contributed by atoms with Crippen LogP contribution in [0.5, 0.6) is 5.75 Å². The van der Waals surface area contributed by atoms with Crippen LogP contribution in [0.15, 0.2) is 28.7 Å². The van der Waals surface area contributed by atoms with Gasteiger partial charge in [0.15, 0.2) is 0 Å². The molecule has 0 heterocycles. The lowest BCUT2D eigenvalue weighted by Gasteiger charge is -2.19. The Morgan fingerprint density at radius 2 is 2.06 bits per heavy atom. The minimum Gasteiger partial charge on any atom is -0.492 e. The second kappa shape index (κ2) is 5.34. The van der Waals surface area contributed by atoms with Gasteiger partial charge in [-0.05, 0) is 48.3 Å². The fourth-order valence-corrected chi connectivity index (χ4v) is 1.48. The molecule has 0 saturated carbocycles. The zero-order valence-corrected chi connectivity index (χ0v) is 11.0. The molecule has 0 amide bonds. The molecule has 0 radical (unpaired) electrons. The summed E-state index contributed by atoms with van der Waals surface area (Å²) in [5.41, 5.74) is -0.749. The van der Waals surface area contributed by atoms with E-state index in [1.165, 1.54) is 0 Å². The van der Waals surface area contributed by atoms with Crippen LogP contribution in [0.4, 0.5) is 0 Å². The molecule has 0 unspecified atom stereocenters. The molecule has 0 aromatic heterocycles. The molecule has 1 rings (SSSR count). The Morgan fingerprint density at radius 1 is 1.44 bits per heavy atom. The number of hydrogen-bond donors (Lipinski definition) is 1. The molecule has 1 N–H and O–H groups in total. The maximum atomic E-state index is 10.9. The molecular formula is C12H15BrO3. The van der Waals surface area contributed by atoms with Gasteiger partial charge in [0.1, 0.15) is 5.75 Å². The van der Waals surface area contributed by atoms with Gasteiger partial charge >= 0.3 is 5.97 Å². The second-order valence-electron chi connectivity index (χ2n) is 4.22. The zero-order valence-electron chi connectivity index (χ0n) is 9.37. The first-order valence-electron chi connectivity index (χ1n) is 5.04. The molecule has 0 aliphatic rings. The number of carboxylic acid groups (broad SMARTS) is 1. The number of hydrogen-bond acceptors (Lipinski definition) is 2. The van der Waals surface area contributed by atoms with Crippen molar-refractivity contribution in [3.8, 4) is 5.75 Å². The number of halogens is 1. The SMILES string of the molecule is CC(C)(CCOc1ccccc1Br)C(=O)O. The average Bonchev–Trinajstić information content (AvgIpc) is 2.20. The molecular weight excluding hydrogens is 272 g/mol. The van der Waals surface area contributed by atoms with E-state index < -0.39 is 11.4 Å². The van der Waals surface area contributed by atoms with Gasteiger partial charge < -0.3 is 9.84 Å². The van der Waals surface area contributed by atoms with Gasteiger partial charge in [-0.1, -0.05) is 12.1 Å². The molecule has 1 aromatic rings. The smallest absolute Gasteiger partial charge is 0.309 e. The Balaban J connectivity index is 2.48. The summed E-state index contributed by atoms with van der Waals surface area (Å²) in [7, 11) is 0. The van der Waals surface area contributed by atoms with Gasteiger partial charge in [-0.3, -0.25) is 4.79 Å². The van der Waals surface area contributed by atoms with E-state index in [1.807, 2.05) is 24.3 Å². The Morgan fingerprint density at radius 3 is 2.62 bits per heavy atom. The normalized spacial score (nSPS) is 11.2. The van der Waals surface area contributed by atoms with Crippen LogP contribution in [0.1, 0.15) is 20.3 Å². The van der Waals surface area contributed by atoms with E-state index in [-0.39, 0.29) is 0 Å². The Kier molecular flexibility index (Phi) is 4.35. The number of benzene rings is 1. The molecule has 0 saturated heterocycles. The van der Waals surface area contributed by atoms with Gasteiger partial charge in [-0.15, -0.1) is 0 Å². The predicted octanol–water partition coefficient (Wildman–Crippen LogP) is 3.33. The number of carbonyl (C=O) groups is 1. The first-order valence-corrected chi connectivity index (χ1v) is 5.83. The van der Waals surface area contributed by atoms with E-state index in [9.17, 15) is 4.79 Å². The lowest BCUT2D eigenvalue weighted by atomic mass is 9.90. The van der Waals surface area contributed by atoms with Crippen molar-refractivity contribution in [1.82, 2.24) is 0 Å². The van der Waals surface area contributed by atoms with E-state index >= 15 is 0 Å². The fourth-order valence-electron chi connectivity index (χ4n) is 1.08. The van der Waals surface area contributed by atoms with Crippen molar-refractivity contribution >= 4 is 21.9 Å². The number of para-hydroxylation sites is 1. The van der Waals surface area contributed by atoms with Gasteiger partial charge in [-0.25, -0.2) is 0 Å². The minimum absolute atomic E-state index is 0.391. The van der Waals surface area contributed by atoms with Gasteiger partial charge in [0.25, 0.3) is 0 Å². The summed E-state index contributed by atoms with van der Waals surface area (Å²) in [5, 5.41) is 8.93. The number of ether oxygens (including phenoxy) is 1. The van der Waals surface area contributed by atoms with Crippen molar-refractivity contribution in [1.29, 1.82) is 0 Å². The molecule has 0 fully saturated rings. The van der Waals surface area contributed by atoms with Crippen LogP contribution in [-0.4, -0.2) is 17.7 Å². The average molecular weight is 287 g/mol. The summed E-state index contributed by atoms with van der Waals surface area (Å²) < 4.78 is 6.39. The van der Waals surface area contributed by atoms with Crippen molar-refractivity contribution in [2.75, 3.05) is 6.61 Å². The lowest BCUT2D eigenvalue weighted by molar-refractivity contribution is -0.147. The third-order valence-corrected chi connectivity index (χ3v) is 3.06. The molecule has 0 atom stereocenters. The number of aliphatic carboxylic acids is 1. The topological polar surface area (TPSA) is 46.5 Å². The maximum Gasteiger partial charge on any atom is 0.309 e. The summed E-state index contributed by atoms with van der Waals surface area (Å²) in [6.07, 6.45) is 0.476. The quantitative estimate of drug-likeness (QED) is 0.903. The monoisotopic (exact) mass is 286 g/mol. The maximum absolute atomic E-state index is 10.9. The molecule has 4 heteroatoms. The van der Waals surface area contributed by atoms with E-state index in [0.29, 0.717) is 13.0 Å². The van der Waals surface area contributed by atoms with E-state index in [4.69, 9.17) is 9.84 Å². The van der Waals surface area contributed by atoms with Crippen molar-refractivity contribution in [3.63, 3.8) is 0 Å². The Bertz CT molecular complexity index is 374. The molecule has 0 spiro atoms. The number of carboxylic acids is 1. The van der Waals surface area contributed by atoms with Crippen LogP contribution < -0.4 is 4.74 Å². The van der Waals surface area contributed by atoms with Crippen LogP contribution in [0.2, 0.25) is 0 Å². The molecule has 3 nitrogen and oxygen atoms in total. The molecule has 0 aliphatic heterocycles. The van der Waals surface area contributed by atoms with Crippen LogP contribution >= 0.6 is 15.9 Å². The van der Waals surface area contributed by atoms with Gasteiger partial charge in [-0.2, -0.15) is 0 Å². The van der Waals surface area contributed by atoms with E-state index in [2.05, 4.69) is 15.9 Å². The molecule has 0 aliphatic carbocycles. The van der Waals surface area contributed by atoms with Crippen LogP contribution in [0.3, 0.4) is 0 Å². The first kappa shape index (κ1) is 13.0. The number of rotatable bonds is 5. The van der Waals surface area contributed by atoms with Crippen molar-refractivity contribution < 1.29 is 14.6 Å². The summed E-state index contributed by atoms with van der Waals surface area (Å²) in [6, 6.07) is 7.51. The zero-order chi connectivity index (χ0) is 12.2. The predicted molar refractivity (Wildman–Crippen MR) is 65.7 cm³/mol. The summed E-state index contributed by atoms with van der Waals surface area (Å²) in [6.45, 7) is 3.78. The van der Waals surface area contributed by atoms with Gasteiger partial charge in [0.05, 0.1) is 16.5 Å². The highest BCUT2D eigenvalue weighted by molar-refractivity contribution is 9.10. The largest absolute Gasteiger partial charge is 0.492 e. The highest BCUT2D eigenvalue weighted by Gasteiger charge is 2.26. The molecule has 0 bridgehead atoms. The van der Waals surface area contributed by atoms with Crippen LogP contribution in [0.25, 0.3) is 0 Å². The van der Waals surface area contributed by atoms with E-state index in [0.717, 1.165) is 10.2 Å². The van der Waals surface area contributed by atoms with Gasteiger partial charge in [0, 0.05) is 0 Å². The molecule has 1 aromatic carbocycles. The van der Waals surface area contributed by atoms with Crippen LogP contribution in [-0.2, 0) is 4.79 Å². The summed E-state index contributed by atoms with van der Waals surface area (Å²) in [4.78, 5) is 10.9. The fraction of sp³-hybridized carbons (Fsp3) is 0.417. The molecule has 88 valence electrons. The van der Waals surface area contributed by atoms with Gasteiger partial charge in [0.2, 0.25) is 0 Å². The summed E-state index contributed by atoms with van der Waals surface area (Å²) in [5.74, 6) is -0.0630. The van der Waals surface area contributed by atoms with Crippen LogP contribution in [0, 0.1) is 5.41 Å². The highest BCUT2D eigenvalue weighted by atomic mass is 79.9.